The van der Waals surface area contributed by atoms with Crippen LogP contribution < -0.4 is 10.9 Å². The summed E-state index contributed by atoms with van der Waals surface area (Å²) < 4.78 is 1.59. The quantitative estimate of drug-likeness (QED) is 0.303. The van der Waals surface area contributed by atoms with Crippen LogP contribution in [0.25, 0.3) is 0 Å². The van der Waals surface area contributed by atoms with E-state index in [9.17, 15) is 9.59 Å². The van der Waals surface area contributed by atoms with Gasteiger partial charge in [-0.25, -0.2) is 4.98 Å². The van der Waals surface area contributed by atoms with E-state index in [2.05, 4.69) is 19.2 Å². The minimum Gasteiger partial charge on any atom is -0.355 e. The Bertz CT molecular complexity index is 865. The second-order valence-corrected chi connectivity index (χ2v) is 8.90. The molecule has 30 heavy (non-hydrogen) atoms. The van der Waals surface area contributed by atoms with Crippen LogP contribution in [0.3, 0.4) is 0 Å². The van der Waals surface area contributed by atoms with Crippen LogP contribution in [0.2, 0.25) is 0 Å². The molecule has 0 bridgehead atoms. The van der Waals surface area contributed by atoms with E-state index >= 15 is 0 Å². The first-order valence-electron chi connectivity index (χ1n) is 11.0. The summed E-state index contributed by atoms with van der Waals surface area (Å²) >= 11 is 1.40. The number of thioether (sulfide) groups is 1. The van der Waals surface area contributed by atoms with Crippen molar-refractivity contribution in [2.24, 2.45) is 7.05 Å². The van der Waals surface area contributed by atoms with Gasteiger partial charge in [0.15, 0.2) is 5.16 Å². The van der Waals surface area contributed by atoms with Gasteiger partial charge in [0.2, 0.25) is 5.91 Å². The van der Waals surface area contributed by atoms with Crippen LogP contribution in [0.5, 0.6) is 0 Å². The van der Waals surface area contributed by atoms with E-state index in [0.29, 0.717) is 23.7 Å². The van der Waals surface area contributed by atoms with Crippen molar-refractivity contribution in [3.63, 3.8) is 0 Å². The maximum atomic E-state index is 13.0. The molecule has 0 saturated heterocycles. The average Bonchev–Trinajstić information content (AvgIpc) is 2.75. The Kier molecular flexibility index (Phi) is 10.1. The van der Waals surface area contributed by atoms with E-state index in [1.54, 1.807) is 11.6 Å². The van der Waals surface area contributed by atoms with Crippen LogP contribution >= 0.6 is 11.8 Å². The number of carbonyl (C=O) groups is 1. The summed E-state index contributed by atoms with van der Waals surface area (Å²) in [5.74, 6) is 0.0404. The van der Waals surface area contributed by atoms with E-state index in [4.69, 9.17) is 4.98 Å². The molecular weight excluding hydrogens is 394 g/mol. The van der Waals surface area contributed by atoms with E-state index in [1.165, 1.54) is 24.6 Å². The zero-order valence-corrected chi connectivity index (χ0v) is 19.6. The number of nitrogens with one attached hydrogen (secondary N) is 1. The number of amides is 1. The molecule has 0 fully saturated rings. The first-order chi connectivity index (χ1) is 14.5. The van der Waals surface area contributed by atoms with Gasteiger partial charge in [0.1, 0.15) is 0 Å². The van der Waals surface area contributed by atoms with Crippen LogP contribution in [0.15, 0.2) is 40.3 Å². The van der Waals surface area contributed by atoms with Gasteiger partial charge in [-0.05, 0) is 25.3 Å². The predicted molar refractivity (Wildman–Crippen MR) is 125 cm³/mol. The molecule has 0 aliphatic carbocycles. The van der Waals surface area contributed by atoms with Crippen molar-refractivity contribution in [3.8, 4) is 0 Å². The third-order valence-electron chi connectivity index (χ3n) is 5.19. The fraction of sp³-hybridized carbons (Fsp3) is 0.542. The normalized spacial score (nSPS) is 12.0. The molecule has 1 amide bonds. The maximum absolute atomic E-state index is 13.0. The van der Waals surface area contributed by atoms with Gasteiger partial charge >= 0.3 is 0 Å². The van der Waals surface area contributed by atoms with E-state index in [0.717, 1.165) is 36.9 Å². The minimum atomic E-state index is -0.237. The lowest BCUT2D eigenvalue weighted by Gasteiger charge is -2.18. The molecule has 0 aliphatic rings. The highest BCUT2D eigenvalue weighted by molar-refractivity contribution is 8.00. The number of aromatic nitrogens is 2. The Morgan fingerprint density at radius 3 is 2.53 bits per heavy atom. The zero-order valence-electron chi connectivity index (χ0n) is 18.7. The molecular formula is C24H35N3O2S. The fourth-order valence-corrected chi connectivity index (χ4v) is 4.58. The van der Waals surface area contributed by atoms with Crippen LogP contribution in [0, 0.1) is 6.92 Å². The average molecular weight is 430 g/mol. The molecule has 0 saturated carbocycles. The standard InChI is InChI=1S/C24H35N3O2S/c1-5-7-8-12-16-25-22(28)21(13-6-2)30-24-26-18(3)20(23(29)27(24)4)17-19-14-10-9-11-15-19/h9-11,14-15,21H,5-8,12-13,16-17H2,1-4H3,(H,25,28). The number of hydrogen-bond acceptors (Lipinski definition) is 4. The summed E-state index contributed by atoms with van der Waals surface area (Å²) in [6, 6.07) is 9.95. The fourth-order valence-electron chi connectivity index (χ4n) is 3.35. The number of hydrogen-bond donors (Lipinski definition) is 1. The van der Waals surface area contributed by atoms with Crippen LogP contribution in [0.4, 0.5) is 0 Å². The number of rotatable bonds is 12. The highest BCUT2D eigenvalue weighted by Crippen LogP contribution is 2.25. The Balaban J connectivity index is 2.12. The second-order valence-electron chi connectivity index (χ2n) is 7.73. The molecule has 5 nitrogen and oxygen atoms in total. The van der Waals surface area contributed by atoms with Gasteiger partial charge in [0, 0.05) is 31.3 Å². The smallest absolute Gasteiger partial charge is 0.257 e. The minimum absolute atomic E-state index is 0.0379. The highest BCUT2D eigenvalue weighted by Gasteiger charge is 2.22. The molecule has 1 atom stereocenters. The Morgan fingerprint density at radius 1 is 1.13 bits per heavy atom. The van der Waals surface area contributed by atoms with Crippen LogP contribution in [-0.2, 0) is 18.3 Å². The second kappa shape index (κ2) is 12.6. The molecule has 1 aromatic carbocycles. The Morgan fingerprint density at radius 2 is 1.87 bits per heavy atom. The topological polar surface area (TPSA) is 64.0 Å². The molecule has 0 radical (unpaired) electrons. The SMILES string of the molecule is CCCCCCNC(=O)C(CCC)Sc1nc(C)c(Cc2ccccc2)c(=O)n1C. The van der Waals surface area contributed by atoms with Crippen LogP contribution in [-0.4, -0.2) is 27.3 Å². The number of unbranched alkanes of at least 4 members (excludes halogenated alkanes) is 3. The summed E-state index contributed by atoms with van der Waals surface area (Å²) in [6.07, 6.45) is 6.75. The van der Waals surface area contributed by atoms with Gasteiger partial charge in [-0.2, -0.15) is 0 Å². The lowest BCUT2D eigenvalue weighted by atomic mass is 10.1. The monoisotopic (exact) mass is 429 g/mol. The van der Waals surface area contributed by atoms with E-state index in [-0.39, 0.29) is 16.7 Å². The molecule has 1 unspecified atom stereocenters. The summed E-state index contributed by atoms with van der Waals surface area (Å²) in [5, 5.41) is 3.43. The van der Waals surface area contributed by atoms with Crippen molar-refractivity contribution in [2.75, 3.05) is 6.54 Å². The lowest BCUT2D eigenvalue weighted by Crippen LogP contribution is -2.34. The molecule has 1 heterocycles. The molecule has 2 aromatic rings. The predicted octanol–water partition coefficient (Wildman–Crippen LogP) is 4.64. The summed E-state index contributed by atoms with van der Waals surface area (Å²) in [6.45, 7) is 6.84. The van der Waals surface area contributed by atoms with Gasteiger partial charge in [-0.1, -0.05) is 81.6 Å². The van der Waals surface area contributed by atoms with Crippen molar-refractivity contribution in [2.45, 2.75) is 76.1 Å². The summed E-state index contributed by atoms with van der Waals surface area (Å²) in [5.41, 5.74) is 2.50. The maximum Gasteiger partial charge on any atom is 0.257 e. The molecule has 2 rings (SSSR count). The number of nitrogens with zero attached hydrogens (tertiary/aromatic N) is 2. The van der Waals surface area contributed by atoms with Gasteiger partial charge < -0.3 is 5.32 Å². The van der Waals surface area contributed by atoms with Gasteiger partial charge in [-0.15, -0.1) is 0 Å². The van der Waals surface area contributed by atoms with Gasteiger partial charge in [0.05, 0.1) is 5.25 Å². The first-order valence-corrected chi connectivity index (χ1v) is 11.9. The highest BCUT2D eigenvalue weighted by atomic mass is 32.2. The van der Waals surface area contributed by atoms with Crippen molar-refractivity contribution < 1.29 is 4.79 Å². The number of carbonyl (C=O) groups excluding carboxylic acids is 1. The molecule has 1 aromatic heterocycles. The number of aryl methyl sites for hydroxylation is 1. The first kappa shape index (κ1) is 24.2. The molecule has 0 spiro atoms. The van der Waals surface area contributed by atoms with Crippen molar-refractivity contribution in [1.29, 1.82) is 0 Å². The molecule has 0 aliphatic heterocycles. The lowest BCUT2D eigenvalue weighted by molar-refractivity contribution is -0.120. The number of benzene rings is 1. The van der Waals surface area contributed by atoms with Crippen LogP contribution in [0.1, 0.15) is 69.2 Å². The summed E-state index contributed by atoms with van der Waals surface area (Å²) in [4.78, 5) is 30.4. The third-order valence-corrected chi connectivity index (χ3v) is 6.50. The van der Waals surface area contributed by atoms with Crippen molar-refractivity contribution >= 4 is 17.7 Å². The molecule has 6 heteroatoms. The van der Waals surface area contributed by atoms with Gasteiger partial charge in [-0.3, -0.25) is 14.2 Å². The van der Waals surface area contributed by atoms with Gasteiger partial charge in [0.25, 0.3) is 5.56 Å². The largest absolute Gasteiger partial charge is 0.355 e. The zero-order chi connectivity index (χ0) is 21.9. The molecule has 1 N–H and O–H groups in total. The van der Waals surface area contributed by atoms with E-state index < -0.39 is 0 Å². The Labute approximate surface area is 184 Å². The third kappa shape index (κ3) is 7.01. The molecule has 164 valence electrons. The van der Waals surface area contributed by atoms with Crippen molar-refractivity contribution in [1.82, 2.24) is 14.9 Å². The Hall–Kier alpha value is -2.08. The summed E-state index contributed by atoms with van der Waals surface area (Å²) in [7, 11) is 1.75. The van der Waals surface area contributed by atoms with Crippen molar-refractivity contribution in [3.05, 3.63) is 57.5 Å². The van der Waals surface area contributed by atoms with E-state index in [1.807, 2.05) is 37.3 Å².